The zero-order valence-corrected chi connectivity index (χ0v) is 15.2. The molecule has 26 heavy (non-hydrogen) atoms. The van der Waals surface area contributed by atoms with Gasteiger partial charge in [0, 0.05) is 14.2 Å². The van der Waals surface area contributed by atoms with Crippen LogP contribution in [0.1, 0.15) is 11.1 Å². The summed E-state index contributed by atoms with van der Waals surface area (Å²) in [5, 5.41) is 0. The van der Waals surface area contributed by atoms with Gasteiger partial charge in [0.2, 0.25) is 0 Å². The first-order valence-corrected chi connectivity index (χ1v) is 8.80. The van der Waals surface area contributed by atoms with Gasteiger partial charge >= 0.3 is 0 Å². The van der Waals surface area contributed by atoms with E-state index in [0.29, 0.717) is 19.8 Å². The second-order valence-corrected chi connectivity index (χ2v) is 6.24. The van der Waals surface area contributed by atoms with Crippen LogP contribution in [-0.4, -0.2) is 45.4 Å². The molecular weight excluding hydrogens is 332 g/mol. The lowest BCUT2D eigenvalue weighted by Crippen LogP contribution is -2.38. The molecule has 0 radical (unpaired) electrons. The fourth-order valence-corrected chi connectivity index (χ4v) is 3.10. The van der Waals surface area contributed by atoms with E-state index in [1.165, 1.54) is 0 Å². The molecule has 1 aliphatic rings. The van der Waals surface area contributed by atoms with Crippen molar-refractivity contribution >= 4 is 0 Å². The molecule has 5 heteroatoms. The summed E-state index contributed by atoms with van der Waals surface area (Å²) in [6.07, 6.45) is -1.28. The molecule has 0 saturated carbocycles. The van der Waals surface area contributed by atoms with Crippen molar-refractivity contribution in [2.24, 2.45) is 0 Å². The number of rotatable bonds is 9. The first-order chi connectivity index (χ1) is 12.8. The third-order valence-electron chi connectivity index (χ3n) is 4.45. The second kappa shape index (κ2) is 9.80. The molecule has 140 valence electrons. The van der Waals surface area contributed by atoms with Gasteiger partial charge in [-0.25, -0.2) is 0 Å². The molecule has 1 aliphatic heterocycles. The Balaban J connectivity index is 1.59. The summed E-state index contributed by atoms with van der Waals surface area (Å²) >= 11 is 0. The van der Waals surface area contributed by atoms with E-state index in [0.717, 1.165) is 11.1 Å². The standard InChI is InChI=1S/C21H26O5/c1-22-20-19(25-14-17-11-7-4-8-12-17)18(26-21(20)23-2)15-24-13-16-9-5-3-6-10-16/h3-12,18-21H,13-15H2,1-2H3/t18-,19+,20-,21-/m1/s1. The van der Waals surface area contributed by atoms with Crippen molar-refractivity contribution in [3.63, 3.8) is 0 Å². The molecule has 1 fully saturated rings. The van der Waals surface area contributed by atoms with E-state index < -0.39 is 6.29 Å². The highest BCUT2D eigenvalue weighted by atomic mass is 16.7. The first-order valence-electron chi connectivity index (χ1n) is 8.80. The van der Waals surface area contributed by atoms with E-state index in [9.17, 15) is 0 Å². The Bertz CT molecular complexity index is 633. The van der Waals surface area contributed by atoms with E-state index in [1.807, 2.05) is 60.7 Å². The van der Waals surface area contributed by atoms with Crippen molar-refractivity contribution in [1.82, 2.24) is 0 Å². The molecule has 0 spiro atoms. The Labute approximate surface area is 154 Å². The summed E-state index contributed by atoms with van der Waals surface area (Å²) in [5.41, 5.74) is 2.23. The van der Waals surface area contributed by atoms with Gasteiger partial charge in [0.25, 0.3) is 0 Å². The lowest BCUT2D eigenvalue weighted by atomic mass is 10.1. The SMILES string of the molecule is CO[C@@H]1O[C@H](COCc2ccccc2)[C@H](OCc2ccccc2)[C@H]1OC. The van der Waals surface area contributed by atoms with Gasteiger partial charge in [-0.15, -0.1) is 0 Å². The number of benzene rings is 2. The highest BCUT2D eigenvalue weighted by Crippen LogP contribution is 2.28. The Hall–Kier alpha value is -1.76. The maximum Gasteiger partial charge on any atom is 0.186 e. The minimum Gasteiger partial charge on any atom is -0.374 e. The van der Waals surface area contributed by atoms with Crippen LogP contribution in [0.15, 0.2) is 60.7 Å². The Kier molecular flexibility index (Phi) is 7.17. The van der Waals surface area contributed by atoms with Gasteiger partial charge in [0.05, 0.1) is 19.8 Å². The molecule has 0 N–H and O–H groups in total. The van der Waals surface area contributed by atoms with Crippen LogP contribution in [0.2, 0.25) is 0 Å². The minimum absolute atomic E-state index is 0.252. The average molecular weight is 358 g/mol. The molecule has 1 saturated heterocycles. The third kappa shape index (κ3) is 4.90. The lowest BCUT2D eigenvalue weighted by Gasteiger charge is -2.23. The van der Waals surface area contributed by atoms with Gasteiger partial charge in [-0.05, 0) is 11.1 Å². The van der Waals surface area contributed by atoms with Crippen molar-refractivity contribution in [2.75, 3.05) is 20.8 Å². The summed E-state index contributed by atoms with van der Waals surface area (Å²) in [7, 11) is 3.25. The van der Waals surface area contributed by atoms with Crippen molar-refractivity contribution in [1.29, 1.82) is 0 Å². The maximum atomic E-state index is 6.13. The van der Waals surface area contributed by atoms with Gasteiger partial charge in [-0.3, -0.25) is 0 Å². The van der Waals surface area contributed by atoms with E-state index in [-0.39, 0.29) is 18.3 Å². The van der Waals surface area contributed by atoms with Crippen LogP contribution in [0.4, 0.5) is 0 Å². The Morgan fingerprint density at radius 3 is 1.96 bits per heavy atom. The molecule has 1 heterocycles. The zero-order valence-electron chi connectivity index (χ0n) is 15.2. The van der Waals surface area contributed by atoms with E-state index in [1.54, 1.807) is 14.2 Å². The van der Waals surface area contributed by atoms with Gasteiger partial charge in [-0.1, -0.05) is 60.7 Å². The smallest absolute Gasteiger partial charge is 0.186 e. The quantitative estimate of drug-likeness (QED) is 0.689. The van der Waals surface area contributed by atoms with Gasteiger partial charge in [0.1, 0.15) is 18.3 Å². The van der Waals surface area contributed by atoms with Crippen LogP contribution in [0.3, 0.4) is 0 Å². The molecule has 5 nitrogen and oxygen atoms in total. The monoisotopic (exact) mass is 358 g/mol. The topological polar surface area (TPSA) is 46.2 Å². The average Bonchev–Trinajstić information content (AvgIpc) is 3.04. The van der Waals surface area contributed by atoms with Crippen molar-refractivity contribution in [3.05, 3.63) is 71.8 Å². The van der Waals surface area contributed by atoms with Gasteiger partial charge in [0.15, 0.2) is 6.29 Å². The van der Waals surface area contributed by atoms with Crippen LogP contribution in [0, 0.1) is 0 Å². The van der Waals surface area contributed by atoms with Crippen molar-refractivity contribution in [2.45, 2.75) is 37.8 Å². The zero-order chi connectivity index (χ0) is 18.2. The Morgan fingerprint density at radius 1 is 0.769 bits per heavy atom. The van der Waals surface area contributed by atoms with Crippen LogP contribution >= 0.6 is 0 Å². The second-order valence-electron chi connectivity index (χ2n) is 6.24. The normalized spacial score (nSPS) is 25.5. The largest absolute Gasteiger partial charge is 0.374 e. The van der Waals surface area contributed by atoms with Crippen LogP contribution in [0.5, 0.6) is 0 Å². The predicted octanol–water partition coefficient (Wildman–Crippen LogP) is 3.17. The summed E-state index contributed by atoms with van der Waals surface area (Å²) in [4.78, 5) is 0. The molecule has 0 aliphatic carbocycles. The number of hydrogen-bond acceptors (Lipinski definition) is 5. The first kappa shape index (κ1) is 19.0. The highest BCUT2D eigenvalue weighted by molar-refractivity contribution is 5.14. The molecule has 0 aromatic heterocycles. The van der Waals surface area contributed by atoms with Gasteiger partial charge < -0.3 is 23.7 Å². The van der Waals surface area contributed by atoms with Crippen molar-refractivity contribution < 1.29 is 23.7 Å². The number of methoxy groups -OCH3 is 2. The van der Waals surface area contributed by atoms with Gasteiger partial charge in [-0.2, -0.15) is 0 Å². The summed E-state index contributed by atoms with van der Waals surface area (Å²) in [6.45, 7) is 1.43. The Morgan fingerprint density at radius 2 is 1.38 bits per heavy atom. The molecule has 2 aromatic rings. The number of ether oxygens (including phenoxy) is 5. The van der Waals surface area contributed by atoms with E-state index in [2.05, 4.69) is 0 Å². The molecule has 0 bridgehead atoms. The lowest BCUT2D eigenvalue weighted by molar-refractivity contribution is -0.162. The molecule has 0 amide bonds. The summed E-state index contributed by atoms with van der Waals surface area (Å²) < 4.78 is 28.9. The summed E-state index contributed by atoms with van der Waals surface area (Å²) in [6, 6.07) is 20.1. The minimum atomic E-state index is -0.467. The fraction of sp³-hybridized carbons (Fsp3) is 0.429. The maximum absolute atomic E-state index is 6.13. The van der Waals surface area contributed by atoms with Crippen LogP contribution in [0.25, 0.3) is 0 Å². The van der Waals surface area contributed by atoms with Crippen LogP contribution < -0.4 is 0 Å². The molecule has 3 rings (SSSR count). The highest BCUT2D eigenvalue weighted by Gasteiger charge is 2.46. The van der Waals surface area contributed by atoms with Crippen molar-refractivity contribution in [3.8, 4) is 0 Å². The molecule has 2 aromatic carbocycles. The fourth-order valence-electron chi connectivity index (χ4n) is 3.10. The molecule has 0 unspecified atom stereocenters. The van der Waals surface area contributed by atoms with Crippen LogP contribution in [-0.2, 0) is 36.9 Å². The number of hydrogen-bond donors (Lipinski definition) is 0. The molecule has 4 atom stereocenters. The third-order valence-corrected chi connectivity index (χ3v) is 4.45. The predicted molar refractivity (Wildman–Crippen MR) is 97.6 cm³/mol. The van der Waals surface area contributed by atoms with E-state index in [4.69, 9.17) is 23.7 Å². The van der Waals surface area contributed by atoms with E-state index >= 15 is 0 Å². The molecular formula is C21H26O5. The summed E-state index contributed by atoms with van der Waals surface area (Å²) in [5.74, 6) is 0.